The number of nitrogens with one attached hydrogen (secondary N) is 1. The van der Waals surface area contributed by atoms with E-state index in [0.29, 0.717) is 0 Å². The number of hydrogen-bond acceptors (Lipinski definition) is 3. The lowest BCUT2D eigenvalue weighted by Gasteiger charge is -2.06. The van der Waals surface area contributed by atoms with E-state index in [2.05, 4.69) is 33.7 Å². The molecule has 3 rings (SSSR count). The summed E-state index contributed by atoms with van der Waals surface area (Å²) in [6, 6.07) is 20.2. The number of pyridine rings is 1. The molecule has 0 radical (unpaired) electrons. The van der Waals surface area contributed by atoms with E-state index in [1.165, 1.54) is 5.39 Å². The molecule has 1 heterocycles. The Morgan fingerprint density at radius 2 is 1.75 bits per heavy atom. The van der Waals surface area contributed by atoms with E-state index in [-0.39, 0.29) is 0 Å². The average molecular weight is 261 g/mol. The van der Waals surface area contributed by atoms with E-state index in [4.69, 9.17) is 0 Å². The van der Waals surface area contributed by atoms with Gasteiger partial charge >= 0.3 is 0 Å². The molecular weight excluding hydrogens is 246 g/mol. The smallest absolute Gasteiger partial charge is 0.0859 e. The maximum Gasteiger partial charge on any atom is 0.0859 e. The van der Waals surface area contributed by atoms with Crippen molar-refractivity contribution in [3.63, 3.8) is 0 Å². The van der Waals surface area contributed by atoms with Gasteiger partial charge < -0.3 is 0 Å². The van der Waals surface area contributed by atoms with Crippen LogP contribution in [0.3, 0.4) is 0 Å². The average Bonchev–Trinajstić information content (AvgIpc) is 2.53. The first-order valence-electron chi connectivity index (χ1n) is 6.54. The summed E-state index contributed by atoms with van der Waals surface area (Å²) in [7, 11) is 0. The molecular formula is C17H15N3. The standard InChI is InChI=1S/C17H15N3/c1-13(16-10-4-5-12-18-16)19-20-17-11-6-8-14-7-2-3-9-15(14)17/h2-12,20H,1H3. The van der Waals surface area contributed by atoms with Gasteiger partial charge in [0.25, 0.3) is 0 Å². The Kier molecular flexibility index (Phi) is 3.42. The van der Waals surface area contributed by atoms with Crippen LogP contribution in [0.1, 0.15) is 12.6 Å². The van der Waals surface area contributed by atoms with Gasteiger partial charge in [-0.05, 0) is 30.5 Å². The fraction of sp³-hybridized carbons (Fsp3) is 0.0588. The van der Waals surface area contributed by atoms with Crippen LogP contribution in [0.25, 0.3) is 10.8 Å². The van der Waals surface area contributed by atoms with Gasteiger partial charge in [-0.25, -0.2) is 0 Å². The van der Waals surface area contributed by atoms with E-state index in [1.54, 1.807) is 6.20 Å². The van der Waals surface area contributed by atoms with Gasteiger partial charge in [-0.2, -0.15) is 5.10 Å². The Bertz CT molecular complexity index is 743. The van der Waals surface area contributed by atoms with Gasteiger partial charge in [-0.15, -0.1) is 0 Å². The zero-order valence-corrected chi connectivity index (χ0v) is 11.2. The Morgan fingerprint density at radius 1 is 0.950 bits per heavy atom. The minimum absolute atomic E-state index is 0.860. The topological polar surface area (TPSA) is 37.3 Å². The number of nitrogens with zero attached hydrogens (tertiary/aromatic N) is 2. The van der Waals surface area contributed by atoms with Crippen molar-refractivity contribution >= 4 is 22.2 Å². The summed E-state index contributed by atoms with van der Waals surface area (Å²) in [5, 5.41) is 6.78. The highest BCUT2D eigenvalue weighted by atomic mass is 15.3. The fourth-order valence-electron chi connectivity index (χ4n) is 2.10. The van der Waals surface area contributed by atoms with Gasteiger partial charge in [0, 0.05) is 11.6 Å². The molecule has 0 spiro atoms. The molecule has 3 aromatic rings. The molecule has 0 aliphatic carbocycles. The Hall–Kier alpha value is -2.68. The summed E-state index contributed by atoms with van der Waals surface area (Å²) in [6.07, 6.45) is 1.77. The molecule has 1 aromatic heterocycles. The highest BCUT2D eigenvalue weighted by Crippen LogP contribution is 2.22. The van der Waals surface area contributed by atoms with Gasteiger partial charge in [0.15, 0.2) is 0 Å². The quantitative estimate of drug-likeness (QED) is 0.570. The number of hydrazone groups is 1. The first kappa shape index (κ1) is 12.4. The summed E-state index contributed by atoms with van der Waals surface area (Å²) in [5.74, 6) is 0. The highest BCUT2D eigenvalue weighted by Gasteiger charge is 2.00. The van der Waals surface area contributed by atoms with Crippen molar-refractivity contribution < 1.29 is 0 Å². The molecule has 0 aliphatic heterocycles. The third-order valence-electron chi connectivity index (χ3n) is 3.17. The van der Waals surface area contributed by atoms with Crippen molar-refractivity contribution in [1.29, 1.82) is 0 Å². The molecule has 0 atom stereocenters. The third kappa shape index (κ3) is 2.52. The molecule has 0 fully saturated rings. The molecule has 20 heavy (non-hydrogen) atoms. The monoisotopic (exact) mass is 261 g/mol. The van der Waals surface area contributed by atoms with Gasteiger partial charge in [0.2, 0.25) is 0 Å². The van der Waals surface area contributed by atoms with E-state index in [1.807, 2.05) is 49.4 Å². The Morgan fingerprint density at radius 3 is 2.60 bits per heavy atom. The van der Waals surface area contributed by atoms with Crippen LogP contribution in [-0.2, 0) is 0 Å². The molecule has 0 aliphatic rings. The van der Waals surface area contributed by atoms with Gasteiger partial charge in [-0.1, -0.05) is 42.5 Å². The largest absolute Gasteiger partial charge is 0.278 e. The second-order valence-electron chi connectivity index (χ2n) is 4.55. The SMILES string of the molecule is CC(=NNc1cccc2ccccc12)c1ccccn1. The predicted octanol–water partition coefficient (Wildman–Crippen LogP) is 4.07. The van der Waals surface area contributed by atoms with Crippen molar-refractivity contribution in [2.75, 3.05) is 5.43 Å². The van der Waals surface area contributed by atoms with Crippen molar-refractivity contribution in [1.82, 2.24) is 4.98 Å². The van der Waals surface area contributed by atoms with Crippen LogP contribution in [0.4, 0.5) is 5.69 Å². The maximum absolute atomic E-state index is 4.42. The number of aromatic nitrogens is 1. The number of hydrogen-bond donors (Lipinski definition) is 1. The van der Waals surface area contributed by atoms with Crippen molar-refractivity contribution in [2.24, 2.45) is 5.10 Å². The van der Waals surface area contributed by atoms with Gasteiger partial charge in [0.05, 0.1) is 17.1 Å². The van der Waals surface area contributed by atoms with Crippen LogP contribution in [0.5, 0.6) is 0 Å². The molecule has 0 saturated carbocycles. The van der Waals surface area contributed by atoms with E-state index in [0.717, 1.165) is 22.5 Å². The second-order valence-corrected chi connectivity index (χ2v) is 4.55. The maximum atomic E-state index is 4.42. The summed E-state index contributed by atoms with van der Waals surface area (Å²) in [6.45, 7) is 1.94. The zero-order valence-electron chi connectivity index (χ0n) is 11.2. The fourth-order valence-corrected chi connectivity index (χ4v) is 2.10. The van der Waals surface area contributed by atoms with E-state index < -0.39 is 0 Å². The Labute approximate surface area is 118 Å². The third-order valence-corrected chi connectivity index (χ3v) is 3.17. The summed E-state index contributed by atoms with van der Waals surface area (Å²) < 4.78 is 0. The lowest BCUT2D eigenvalue weighted by atomic mass is 10.1. The summed E-state index contributed by atoms with van der Waals surface area (Å²) in [4.78, 5) is 4.28. The zero-order chi connectivity index (χ0) is 13.8. The normalized spacial score (nSPS) is 11.6. The molecule has 0 amide bonds. The Balaban J connectivity index is 1.91. The molecule has 3 nitrogen and oxygen atoms in total. The number of fused-ring (bicyclic) bond motifs is 1. The van der Waals surface area contributed by atoms with Gasteiger partial charge in [-0.3, -0.25) is 10.4 Å². The number of rotatable bonds is 3. The lowest BCUT2D eigenvalue weighted by Crippen LogP contribution is -2.01. The highest BCUT2D eigenvalue weighted by molar-refractivity contribution is 5.98. The van der Waals surface area contributed by atoms with Crippen LogP contribution in [0.2, 0.25) is 0 Å². The van der Waals surface area contributed by atoms with E-state index in [9.17, 15) is 0 Å². The van der Waals surface area contributed by atoms with Crippen molar-refractivity contribution in [3.05, 3.63) is 72.6 Å². The number of anilines is 1. The molecule has 3 heteroatoms. The second kappa shape index (κ2) is 5.53. The molecule has 0 saturated heterocycles. The summed E-state index contributed by atoms with van der Waals surface area (Å²) in [5.41, 5.74) is 5.87. The van der Waals surface area contributed by atoms with E-state index >= 15 is 0 Å². The molecule has 0 unspecified atom stereocenters. The molecule has 98 valence electrons. The molecule has 0 bridgehead atoms. The van der Waals surface area contributed by atoms with Crippen LogP contribution in [0.15, 0.2) is 72.0 Å². The minimum Gasteiger partial charge on any atom is -0.278 e. The molecule has 2 aromatic carbocycles. The first-order valence-corrected chi connectivity index (χ1v) is 6.54. The van der Waals surface area contributed by atoms with Crippen LogP contribution in [0, 0.1) is 0 Å². The predicted molar refractivity (Wildman–Crippen MR) is 84.0 cm³/mol. The summed E-state index contributed by atoms with van der Waals surface area (Å²) >= 11 is 0. The van der Waals surface area contributed by atoms with Crippen molar-refractivity contribution in [3.8, 4) is 0 Å². The van der Waals surface area contributed by atoms with Crippen LogP contribution in [-0.4, -0.2) is 10.7 Å². The minimum atomic E-state index is 0.860. The lowest BCUT2D eigenvalue weighted by molar-refractivity contribution is 1.25. The number of benzene rings is 2. The van der Waals surface area contributed by atoms with Crippen molar-refractivity contribution in [2.45, 2.75) is 6.92 Å². The van der Waals surface area contributed by atoms with Crippen LogP contribution >= 0.6 is 0 Å². The van der Waals surface area contributed by atoms with Gasteiger partial charge in [0.1, 0.15) is 0 Å². The molecule has 1 N–H and O–H groups in total. The first-order chi connectivity index (χ1) is 9.84. The van der Waals surface area contributed by atoms with Crippen LogP contribution < -0.4 is 5.43 Å².